The maximum absolute atomic E-state index is 11.9. The molecule has 5 heteroatoms. The molecule has 0 saturated heterocycles. The van der Waals surface area contributed by atoms with Gasteiger partial charge in [-0.25, -0.2) is 4.79 Å². The second kappa shape index (κ2) is 5.33. The number of aromatic nitrogens is 2. The molecular formula is C16H18N2O3. The highest BCUT2D eigenvalue weighted by Crippen LogP contribution is 2.41. The maximum atomic E-state index is 11.9. The lowest BCUT2D eigenvalue weighted by molar-refractivity contribution is 0.259. The Bertz CT molecular complexity index is 776. The van der Waals surface area contributed by atoms with E-state index in [1.807, 2.05) is 18.2 Å². The number of aliphatic hydroxyl groups excluding tert-OH is 1. The molecule has 0 amide bonds. The molecule has 2 aromatic rings. The smallest absolute Gasteiger partial charge is 0.328 e. The van der Waals surface area contributed by atoms with E-state index in [1.165, 1.54) is 11.1 Å². The number of aliphatic hydroxyl groups is 1. The molecule has 5 nitrogen and oxygen atoms in total. The van der Waals surface area contributed by atoms with Gasteiger partial charge in [0.15, 0.2) is 0 Å². The largest absolute Gasteiger partial charge is 0.396 e. The van der Waals surface area contributed by atoms with Crippen LogP contribution in [0.2, 0.25) is 0 Å². The summed E-state index contributed by atoms with van der Waals surface area (Å²) in [5, 5.41) is 9.52. The quantitative estimate of drug-likeness (QED) is 0.887. The molecule has 2 N–H and O–H groups in total. The number of hydrogen-bond donors (Lipinski definition) is 2. The number of nitrogens with zero attached hydrogens (tertiary/aromatic N) is 1. The summed E-state index contributed by atoms with van der Waals surface area (Å²) < 4.78 is 1.55. The molecule has 2 atom stereocenters. The third kappa shape index (κ3) is 2.45. The van der Waals surface area contributed by atoms with E-state index in [0.717, 1.165) is 6.42 Å². The number of fused-ring (bicyclic) bond motifs is 1. The summed E-state index contributed by atoms with van der Waals surface area (Å²) in [4.78, 5) is 25.7. The molecular weight excluding hydrogens is 268 g/mol. The summed E-state index contributed by atoms with van der Waals surface area (Å²) in [6.07, 6.45) is 2.43. The minimum atomic E-state index is -0.379. The van der Waals surface area contributed by atoms with Gasteiger partial charge in [-0.3, -0.25) is 14.3 Å². The summed E-state index contributed by atoms with van der Waals surface area (Å²) >= 11 is 0. The highest BCUT2D eigenvalue weighted by Gasteiger charge is 2.30. The molecule has 1 aromatic carbocycles. The van der Waals surface area contributed by atoms with Gasteiger partial charge in [-0.15, -0.1) is 0 Å². The highest BCUT2D eigenvalue weighted by atomic mass is 16.3. The molecule has 3 rings (SSSR count). The fraction of sp³-hybridized carbons (Fsp3) is 0.375. The molecule has 0 fully saturated rings. The molecule has 0 spiro atoms. The zero-order valence-corrected chi connectivity index (χ0v) is 11.9. The van der Waals surface area contributed by atoms with Crippen molar-refractivity contribution >= 4 is 0 Å². The summed E-state index contributed by atoms with van der Waals surface area (Å²) in [7, 11) is 0. The van der Waals surface area contributed by atoms with Crippen molar-refractivity contribution in [2.24, 2.45) is 0 Å². The van der Waals surface area contributed by atoms with Crippen LogP contribution in [-0.4, -0.2) is 21.3 Å². The summed E-state index contributed by atoms with van der Waals surface area (Å²) in [6, 6.07) is 8.04. The minimum absolute atomic E-state index is 0.118. The van der Waals surface area contributed by atoms with Crippen LogP contribution in [-0.2, 0) is 6.54 Å². The number of H-pyrrole nitrogens is 1. The number of aryl methyl sites for hydroxylation is 1. The Balaban J connectivity index is 1.95. The summed E-state index contributed by atoms with van der Waals surface area (Å²) in [5.41, 5.74) is 2.16. The van der Waals surface area contributed by atoms with Crippen molar-refractivity contribution in [3.05, 3.63) is 68.0 Å². The predicted octanol–water partition coefficient (Wildman–Crippen LogP) is 1.11. The van der Waals surface area contributed by atoms with E-state index in [9.17, 15) is 14.7 Å². The van der Waals surface area contributed by atoms with Crippen molar-refractivity contribution in [3.63, 3.8) is 0 Å². The second-order valence-electron chi connectivity index (χ2n) is 5.66. The van der Waals surface area contributed by atoms with Gasteiger partial charge in [0, 0.05) is 36.7 Å². The Morgan fingerprint density at radius 1 is 1.24 bits per heavy atom. The van der Waals surface area contributed by atoms with Crippen molar-refractivity contribution in [2.45, 2.75) is 31.7 Å². The van der Waals surface area contributed by atoms with Crippen LogP contribution in [0.4, 0.5) is 0 Å². The van der Waals surface area contributed by atoms with Crippen LogP contribution in [0.25, 0.3) is 0 Å². The van der Waals surface area contributed by atoms with Crippen LogP contribution in [0.15, 0.2) is 40.1 Å². The average Bonchev–Trinajstić information content (AvgIpc) is 2.83. The van der Waals surface area contributed by atoms with E-state index >= 15 is 0 Å². The van der Waals surface area contributed by atoms with Gasteiger partial charge in [-0.2, -0.15) is 0 Å². The zero-order valence-electron chi connectivity index (χ0n) is 11.9. The van der Waals surface area contributed by atoms with Gasteiger partial charge in [0.2, 0.25) is 0 Å². The molecule has 0 aliphatic heterocycles. The first-order valence-electron chi connectivity index (χ1n) is 7.10. The van der Waals surface area contributed by atoms with Gasteiger partial charge in [0.25, 0.3) is 5.56 Å². The van der Waals surface area contributed by atoms with E-state index in [1.54, 1.807) is 17.7 Å². The SMILES string of the molecule is Cc1cn(C[C@@H]2C[C@H](CO)c3ccccc32)c(=O)[nH]c1=O. The van der Waals surface area contributed by atoms with E-state index in [-0.39, 0.29) is 29.7 Å². The molecule has 0 saturated carbocycles. The number of hydrogen-bond acceptors (Lipinski definition) is 3. The summed E-state index contributed by atoms with van der Waals surface area (Å²) in [6.45, 7) is 2.32. The van der Waals surface area contributed by atoms with Crippen LogP contribution < -0.4 is 11.2 Å². The first kappa shape index (κ1) is 13.8. The first-order valence-corrected chi connectivity index (χ1v) is 7.10. The van der Waals surface area contributed by atoms with Gasteiger partial charge in [-0.1, -0.05) is 24.3 Å². The average molecular weight is 286 g/mol. The molecule has 1 aliphatic rings. The van der Waals surface area contributed by atoms with Crippen molar-refractivity contribution in [3.8, 4) is 0 Å². The Kier molecular flexibility index (Phi) is 3.51. The molecule has 0 radical (unpaired) electrons. The van der Waals surface area contributed by atoms with Crippen LogP contribution in [0.1, 0.15) is 34.9 Å². The van der Waals surface area contributed by atoms with Crippen LogP contribution in [0.5, 0.6) is 0 Å². The predicted molar refractivity (Wildman–Crippen MR) is 79.7 cm³/mol. The van der Waals surface area contributed by atoms with E-state index in [0.29, 0.717) is 12.1 Å². The standard InChI is InChI=1S/C16H18N2O3/c1-10-7-18(16(21)17-15(10)20)8-11-6-12(9-19)14-5-3-2-4-13(11)14/h2-5,7,11-12,19H,6,8-9H2,1H3,(H,17,20,21)/t11-,12+/m0/s1. The Hall–Kier alpha value is -2.14. The van der Waals surface area contributed by atoms with Gasteiger partial charge in [0.1, 0.15) is 0 Å². The number of aromatic amines is 1. The van der Waals surface area contributed by atoms with Crippen LogP contribution >= 0.6 is 0 Å². The lowest BCUT2D eigenvalue weighted by Gasteiger charge is -2.14. The summed E-state index contributed by atoms with van der Waals surface area (Å²) in [5.74, 6) is 0.312. The molecule has 21 heavy (non-hydrogen) atoms. The second-order valence-corrected chi connectivity index (χ2v) is 5.66. The molecule has 0 unspecified atom stereocenters. The van der Waals surface area contributed by atoms with Crippen molar-refractivity contribution in [1.82, 2.24) is 9.55 Å². The monoisotopic (exact) mass is 286 g/mol. The van der Waals surface area contributed by atoms with E-state index in [2.05, 4.69) is 11.1 Å². The molecule has 110 valence electrons. The molecule has 1 heterocycles. The lowest BCUT2D eigenvalue weighted by atomic mass is 10.0. The maximum Gasteiger partial charge on any atom is 0.328 e. The first-order chi connectivity index (χ1) is 10.1. The van der Waals surface area contributed by atoms with Gasteiger partial charge < -0.3 is 5.11 Å². The fourth-order valence-corrected chi connectivity index (χ4v) is 3.19. The van der Waals surface area contributed by atoms with Crippen LogP contribution in [0, 0.1) is 6.92 Å². The highest BCUT2D eigenvalue weighted by molar-refractivity contribution is 5.38. The van der Waals surface area contributed by atoms with Gasteiger partial charge in [-0.05, 0) is 24.5 Å². The third-order valence-electron chi connectivity index (χ3n) is 4.27. The third-order valence-corrected chi connectivity index (χ3v) is 4.27. The van der Waals surface area contributed by atoms with Crippen LogP contribution in [0.3, 0.4) is 0 Å². The van der Waals surface area contributed by atoms with Crippen molar-refractivity contribution in [2.75, 3.05) is 6.61 Å². The van der Waals surface area contributed by atoms with Crippen molar-refractivity contribution in [1.29, 1.82) is 0 Å². The normalized spacial score (nSPS) is 20.5. The molecule has 1 aromatic heterocycles. The molecule has 1 aliphatic carbocycles. The Morgan fingerprint density at radius 2 is 1.90 bits per heavy atom. The topological polar surface area (TPSA) is 75.1 Å². The number of rotatable bonds is 3. The van der Waals surface area contributed by atoms with Gasteiger partial charge in [0.05, 0.1) is 0 Å². The Morgan fingerprint density at radius 3 is 2.57 bits per heavy atom. The lowest BCUT2D eigenvalue weighted by Crippen LogP contribution is -2.32. The minimum Gasteiger partial charge on any atom is -0.396 e. The van der Waals surface area contributed by atoms with Crippen molar-refractivity contribution < 1.29 is 5.11 Å². The number of nitrogens with one attached hydrogen (secondary N) is 1. The van der Waals surface area contributed by atoms with E-state index < -0.39 is 0 Å². The number of benzene rings is 1. The fourth-order valence-electron chi connectivity index (χ4n) is 3.19. The van der Waals surface area contributed by atoms with E-state index in [4.69, 9.17) is 0 Å². The molecule has 0 bridgehead atoms. The van der Waals surface area contributed by atoms with Gasteiger partial charge >= 0.3 is 5.69 Å². The Labute approximate surface area is 121 Å². The zero-order chi connectivity index (χ0) is 15.0.